The van der Waals surface area contributed by atoms with Crippen LogP contribution in [0.2, 0.25) is 0 Å². The Morgan fingerprint density at radius 3 is 2.59 bits per heavy atom. The van der Waals surface area contributed by atoms with Crippen LogP contribution in [0.25, 0.3) is 0 Å². The van der Waals surface area contributed by atoms with E-state index >= 15 is 0 Å². The summed E-state index contributed by atoms with van der Waals surface area (Å²) < 4.78 is 0. The number of rotatable bonds is 5. The highest BCUT2D eigenvalue weighted by atomic mass is 28.1. The number of carbonyl (C=O) groups excluding carboxylic acids is 1. The maximum absolute atomic E-state index is 13.7. The van der Waals surface area contributed by atoms with Gasteiger partial charge >= 0.3 is 0 Å². The number of carbonyl (C=O) groups is 1. The van der Waals surface area contributed by atoms with Gasteiger partial charge in [0.05, 0.1) is 22.7 Å². The van der Waals surface area contributed by atoms with Crippen LogP contribution in [0.5, 0.6) is 0 Å². The zero-order valence-corrected chi connectivity index (χ0v) is 20.2. The van der Waals surface area contributed by atoms with Gasteiger partial charge in [-0.15, -0.1) is 0 Å². The van der Waals surface area contributed by atoms with Crippen LogP contribution in [0.3, 0.4) is 0 Å². The molecule has 0 saturated heterocycles. The Kier molecular flexibility index (Phi) is 5.87. The molecule has 1 aromatic heterocycles. The van der Waals surface area contributed by atoms with Gasteiger partial charge in [-0.05, 0) is 43.8 Å². The molecule has 9 heteroatoms. The van der Waals surface area contributed by atoms with E-state index in [0.717, 1.165) is 15.8 Å². The van der Waals surface area contributed by atoms with Gasteiger partial charge in [0, 0.05) is 28.0 Å². The zero-order chi connectivity index (χ0) is 23.0. The number of nitrogens with one attached hydrogen (secondary N) is 3. The van der Waals surface area contributed by atoms with Crippen LogP contribution in [-0.2, 0) is 4.79 Å². The number of anilines is 1. The number of aryl methyl sites for hydroxylation is 1. The normalized spacial score (nSPS) is 21.6. The van der Waals surface area contributed by atoms with E-state index in [2.05, 4.69) is 15.6 Å². The van der Waals surface area contributed by atoms with E-state index in [1.165, 1.54) is 5.19 Å². The van der Waals surface area contributed by atoms with Crippen LogP contribution < -0.4 is 32.0 Å². The summed E-state index contributed by atoms with van der Waals surface area (Å²) in [4.78, 5) is 30.0. The molecule has 2 aliphatic rings. The Morgan fingerprint density at radius 2 is 1.97 bits per heavy atom. The summed E-state index contributed by atoms with van der Waals surface area (Å²) in [6, 6.07) is 8.74. The molecule has 0 aliphatic carbocycles. The summed E-state index contributed by atoms with van der Waals surface area (Å²) in [5, 5.41) is 17.7. The van der Waals surface area contributed by atoms with E-state index in [0.29, 0.717) is 28.2 Å². The molecule has 166 valence electrons. The number of nitrogens with zero attached hydrogens (tertiary/aromatic N) is 1. The minimum absolute atomic E-state index is 0.204. The van der Waals surface area contributed by atoms with Crippen molar-refractivity contribution < 1.29 is 9.90 Å². The van der Waals surface area contributed by atoms with Crippen LogP contribution in [0.15, 0.2) is 76.6 Å². The van der Waals surface area contributed by atoms with E-state index in [4.69, 9.17) is 5.73 Å². The molecule has 32 heavy (non-hydrogen) atoms. The third-order valence-corrected chi connectivity index (χ3v) is 6.34. The van der Waals surface area contributed by atoms with Crippen molar-refractivity contribution in [2.75, 3.05) is 4.90 Å². The van der Waals surface area contributed by atoms with Crippen molar-refractivity contribution in [3.63, 3.8) is 0 Å². The molecular formula is C23H27N5O3Si. The lowest BCUT2D eigenvalue weighted by molar-refractivity contribution is -0.115. The SMILES string of the molecule is Cc1cc(N2C(=O)C(C(C)N)=C(NC3=CC=CNC3O)C2c2ccc([SiH3])cc2)c[nH]c1=O. The molecule has 0 bridgehead atoms. The van der Waals surface area contributed by atoms with Crippen molar-refractivity contribution in [1.29, 1.82) is 0 Å². The number of nitrogens with two attached hydrogens (primary N) is 1. The first-order chi connectivity index (χ1) is 15.3. The summed E-state index contributed by atoms with van der Waals surface area (Å²) in [6.07, 6.45) is 5.77. The number of dihydropyridines is 1. The van der Waals surface area contributed by atoms with Crippen molar-refractivity contribution in [3.8, 4) is 0 Å². The van der Waals surface area contributed by atoms with Crippen molar-refractivity contribution in [3.05, 3.63) is 93.3 Å². The number of pyridine rings is 1. The van der Waals surface area contributed by atoms with Gasteiger partial charge in [-0.25, -0.2) is 0 Å². The summed E-state index contributed by atoms with van der Waals surface area (Å²) in [5.41, 5.74) is 9.58. The fraction of sp³-hybridized carbons (Fsp3) is 0.217. The lowest BCUT2D eigenvalue weighted by Crippen LogP contribution is -2.37. The highest BCUT2D eigenvalue weighted by molar-refractivity contribution is 6.32. The molecule has 3 unspecified atom stereocenters. The van der Waals surface area contributed by atoms with Gasteiger partial charge in [0.25, 0.3) is 11.5 Å². The second-order valence-electron chi connectivity index (χ2n) is 8.15. The Balaban J connectivity index is 1.89. The Hall–Kier alpha value is -3.40. The van der Waals surface area contributed by atoms with E-state index < -0.39 is 18.3 Å². The van der Waals surface area contributed by atoms with Gasteiger partial charge in [-0.2, -0.15) is 0 Å². The highest BCUT2D eigenvalue weighted by Gasteiger charge is 2.43. The second-order valence-corrected chi connectivity index (χ2v) is 9.30. The first kappa shape index (κ1) is 21.8. The molecule has 0 radical (unpaired) electrons. The Bertz CT molecular complexity index is 1200. The Morgan fingerprint density at radius 1 is 1.25 bits per heavy atom. The maximum atomic E-state index is 13.7. The summed E-state index contributed by atoms with van der Waals surface area (Å²) >= 11 is 0. The standard InChI is InChI=1S/C23H27N5O3Si/c1-12-10-15(11-26-21(12)29)28-20(14-5-7-16(32)8-6-14)19(18(13(2)24)23(28)31)27-17-4-3-9-25-22(17)30/h3-11,13,20,22,25,27,30H,24H2,1-2,32H3,(H,26,29). The minimum atomic E-state index is -0.939. The van der Waals surface area contributed by atoms with Crippen LogP contribution in [0.4, 0.5) is 5.69 Å². The largest absolute Gasteiger partial charge is 0.368 e. The first-order valence-corrected chi connectivity index (χ1v) is 11.4. The molecular weight excluding hydrogens is 422 g/mol. The fourth-order valence-electron chi connectivity index (χ4n) is 4.01. The predicted octanol–water partition coefficient (Wildman–Crippen LogP) is -0.728. The topological polar surface area (TPSA) is 123 Å². The number of aliphatic hydroxyl groups excluding tert-OH is 1. The number of amides is 1. The van der Waals surface area contributed by atoms with Crippen LogP contribution in [0, 0.1) is 6.92 Å². The van der Waals surface area contributed by atoms with Gasteiger partial charge in [-0.3, -0.25) is 14.5 Å². The number of benzene rings is 1. The zero-order valence-electron chi connectivity index (χ0n) is 18.2. The molecule has 0 saturated carbocycles. The van der Waals surface area contributed by atoms with E-state index in [1.807, 2.05) is 24.3 Å². The molecule has 0 fully saturated rings. The Labute approximate surface area is 188 Å². The average Bonchev–Trinajstić information content (AvgIpc) is 3.04. The van der Waals surface area contributed by atoms with Crippen molar-refractivity contribution in [1.82, 2.24) is 15.6 Å². The summed E-state index contributed by atoms with van der Waals surface area (Å²) in [5.74, 6) is -0.247. The van der Waals surface area contributed by atoms with Crippen molar-refractivity contribution >= 4 is 27.0 Å². The smallest absolute Gasteiger partial charge is 0.258 e. The minimum Gasteiger partial charge on any atom is -0.368 e. The summed E-state index contributed by atoms with van der Waals surface area (Å²) in [6.45, 7) is 3.47. The van der Waals surface area contributed by atoms with Gasteiger partial charge in [-0.1, -0.05) is 29.5 Å². The van der Waals surface area contributed by atoms with Gasteiger partial charge in [0.1, 0.15) is 6.04 Å². The van der Waals surface area contributed by atoms with Crippen LogP contribution in [0.1, 0.15) is 24.1 Å². The maximum Gasteiger partial charge on any atom is 0.258 e. The van der Waals surface area contributed by atoms with Crippen molar-refractivity contribution in [2.24, 2.45) is 5.73 Å². The second kappa shape index (κ2) is 8.62. The van der Waals surface area contributed by atoms with Gasteiger partial charge in [0.15, 0.2) is 6.23 Å². The number of aliphatic hydroxyl groups is 1. The quantitative estimate of drug-likeness (QED) is 0.384. The highest BCUT2D eigenvalue weighted by Crippen LogP contribution is 2.41. The first-order valence-electron chi connectivity index (χ1n) is 10.4. The van der Waals surface area contributed by atoms with E-state index in [1.54, 1.807) is 49.4 Å². The lowest BCUT2D eigenvalue weighted by atomic mass is 10.00. The molecule has 6 N–H and O–H groups in total. The molecule has 1 amide bonds. The molecule has 4 rings (SSSR count). The fourth-order valence-corrected chi connectivity index (χ4v) is 4.34. The lowest BCUT2D eigenvalue weighted by Gasteiger charge is -2.29. The predicted molar refractivity (Wildman–Crippen MR) is 128 cm³/mol. The molecule has 3 heterocycles. The number of allylic oxidation sites excluding steroid dienone is 2. The number of aromatic nitrogens is 1. The van der Waals surface area contributed by atoms with E-state index in [9.17, 15) is 14.7 Å². The molecule has 0 spiro atoms. The molecule has 1 aromatic carbocycles. The van der Waals surface area contributed by atoms with Crippen LogP contribution in [-0.4, -0.2) is 38.5 Å². The van der Waals surface area contributed by atoms with Crippen LogP contribution >= 0.6 is 0 Å². The number of hydrogen-bond donors (Lipinski definition) is 5. The molecule has 2 aliphatic heterocycles. The number of H-pyrrole nitrogens is 1. The van der Waals surface area contributed by atoms with Crippen molar-refractivity contribution in [2.45, 2.75) is 32.2 Å². The molecule has 2 aromatic rings. The number of aromatic amines is 1. The van der Waals surface area contributed by atoms with Gasteiger partial charge < -0.3 is 26.5 Å². The number of hydrogen-bond acceptors (Lipinski definition) is 6. The molecule has 8 nitrogen and oxygen atoms in total. The van der Waals surface area contributed by atoms with E-state index in [-0.39, 0.29) is 11.5 Å². The molecule has 3 atom stereocenters. The third kappa shape index (κ3) is 3.93. The third-order valence-electron chi connectivity index (χ3n) is 5.67. The average molecular weight is 450 g/mol. The van der Waals surface area contributed by atoms with Gasteiger partial charge in [0.2, 0.25) is 0 Å². The monoisotopic (exact) mass is 449 g/mol. The summed E-state index contributed by atoms with van der Waals surface area (Å²) in [7, 11) is 0.916.